The molecule has 1 N–H and O–H groups in total. The standard InChI is InChI=1S/C15H23N5/c1-5-7-13-12(10-16-15(2,3)4)11-18-20(13)14-8-6-9-17-19-14/h6,8-9,11,16H,5,7,10H2,1-4H3. The van der Waals surface area contributed by atoms with E-state index in [0.717, 1.165) is 25.2 Å². The van der Waals surface area contributed by atoms with Crippen molar-refractivity contribution in [1.82, 2.24) is 25.3 Å². The molecule has 2 heterocycles. The normalized spacial score (nSPS) is 11.8. The van der Waals surface area contributed by atoms with Gasteiger partial charge in [0.1, 0.15) is 0 Å². The van der Waals surface area contributed by atoms with Crippen LogP contribution in [0, 0.1) is 0 Å². The fourth-order valence-electron chi connectivity index (χ4n) is 2.02. The third kappa shape index (κ3) is 3.63. The van der Waals surface area contributed by atoms with Gasteiger partial charge in [0.15, 0.2) is 5.82 Å². The van der Waals surface area contributed by atoms with Gasteiger partial charge in [-0.15, -0.1) is 5.10 Å². The molecule has 0 unspecified atom stereocenters. The van der Waals surface area contributed by atoms with Crippen molar-refractivity contribution in [1.29, 1.82) is 0 Å². The molecule has 0 bridgehead atoms. The van der Waals surface area contributed by atoms with Gasteiger partial charge >= 0.3 is 0 Å². The molecule has 0 aliphatic rings. The number of hydrogen-bond donors (Lipinski definition) is 1. The van der Waals surface area contributed by atoms with Gasteiger partial charge in [0.2, 0.25) is 0 Å². The number of rotatable bonds is 5. The zero-order valence-corrected chi connectivity index (χ0v) is 12.7. The van der Waals surface area contributed by atoms with E-state index in [1.165, 1.54) is 11.3 Å². The minimum absolute atomic E-state index is 0.0954. The molecule has 108 valence electrons. The van der Waals surface area contributed by atoms with E-state index < -0.39 is 0 Å². The summed E-state index contributed by atoms with van der Waals surface area (Å²) in [5.74, 6) is 0.776. The maximum Gasteiger partial charge on any atom is 0.175 e. The molecule has 2 aromatic heterocycles. The molecule has 5 heteroatoms. The first-order valence-corrected chi connectivity index (χ1v) is 7.10. The number of hydrogen-bond acceptors (Lipinski definition) is 4. The highest BCUT2D eigenvalue weighted by atomic mass is 15.3. The second-order valence-corrected chi connectivity index (χ2v) is 5.96. The van der Waals surface area contributed by atoms with Gasteiger partial charge < -0.3 is 5.32 Å². The van der Waals surface area contributed by atoms with Crippen molar-refractivity contribution < 1.29 is 0 Å². The molecule has 0 spiro atoms. The summed E-state index contributed by atoms with van der Waals surface area (Å²) in [4.78, 5) is 0. The lowest BCUT2D eigenvalue weighted by Gasteiger charge is -2.20. The van der Waals surface area contributed by atoms with E-state index >= 15 is 0 Å². The Balaban J connectivity index is 2.28. The first kappa shape index (κ1) is 14.7. The Morgan fingerprint density at radius 1 is 1.30 bits per heavy atom. The highest BCUT2D eigenvalue weighted by Crippen LogP contribution is 2.16. The molecular formula is C15H23N5. The molecule has 0 fully saturated rings. The first-order chi connectivity index (χ1) is 9.51. The summed E-state index contributed by atoms with van der Waals surface area (Å²) in [6.45, 7) is 9.49. The van der Waals surface area contributed by atoms with Crippen molar-refractivity contribution in [2.24, 2.45) is 0 Å². The monoisotopic (exact) mass is 273 g/mol. The van der Waals surface area contributed by atoms with Crippen LogP contribution >= 0.6 is 0 Å². The smallest absolute Gasteiger partial charge is 0.175 e. The Labute approximate surface area is 120 Å². The minimum atomic E-state index is 0.0954. The molecule has 0 saturated carbocycles. The topological polar surface area (TPSA) is 55.6 Å². The van der Waals surface area contributed by atoms with E-state index in [2.05, 4.69) is 48.3 Å². The Bertz CT molecular complexity index is 539. The second kappa shape index (κ2) is 6.13. The Hall–Kier alpha value is -1.75. The summed E-state index contributed by atoms with van der Waals surface area (Å²) in [6, 6.07) is 3.81. The van der Waals surface area contributed by atoms with Crippen LogP contribution in [0.2, 0.25) is 0 Å². The third-order valence-electron chi connectivity index (χ3n) is 3.03. The average molecular weight is 273 g/mol. The Morgan fingerprint density at radius 2 is 2.10 bits per heavy atom. The van der Waals surface area contributed by atoms with Crippen molar-refractivity contribution in [3.63, 3.8) is 0 Å². The van der Waals surface area contributed by atoms with Crippen LogP contribution in [-0.4, -0.2) is 25.5 Å². The Morgan fingerprint density at radius 3 is 2.70 bits per heavy atom. The predicted octanol–water partition coefficient (Wildman–Crippen LogP) is 2.50. The van der Waals surface area contributed by atoms with Gasteiger partial charge in [-0.2, -0.15) is 10.2 Å². The van der Waals surface area contributed by atoms with Gasteiger partial charge in [-0.05, 0) is 39.3 Å². The molecule has 0 atom stereocenters. The summed E-state index contributed by atoms with van der Waals surface area (Å²) in [5.41, 5.74) is 2.54. The fraction of sp³-hybridized carbons (Fsp3) is 0.533. The van der Waals surface area contributed by atoms with Gasteiger partial charge in [-0.3, -0.25) is 0 Å². The lowest BCUT2D eigenvalue weighted by atomic mass is 10.1. The van der Waals surface area contributed by atoms with E-state index in [9.17, 15) is 0 Å². The first-order valence-electron chi connectivity index (χ1n) is 7.10. The third-order valence-corrected chi connectivity index (χ3v) is 3.03. The van der Waals surface area contributed by atoms with E-state index in [1.54, 1.807) is 6.20 Å². The summed E-state index contributed by atoms with van der Waals surface area (Å²) >= 11 is 0. The molecule has 0 radical (unpaired) electrons. The van der Waals surface area contributed by atoms with Crippen LogP contribution in [0.1, 0.15) is 45.4 Å². The highest BCUT2D eigenvalue weighted by molar-refractivity contribution is 5.28. The quantitative estimate of drug-likeness (QED) is 0.909. The van der Waals surface area contributed by atoms with E-state index in [-0.39, 0.29) is 5.54 Å². The van der Waals surface area contributed by atoms with Gasteiger partial charge in [-0.25, -0.2) is 4.68 Å². The van der Waals surface area contributed by atoms with Crippen LogP contribution in [0.5, 0.6) is 0 Å². The lowest BCUT2D eigenvalue weighted by molar-refractivity contribution is 0.423. The molecule has 20 heavy (non-hydrogen) atoms. The van der Waals surface area contributed by atoms with Gasteiger partial charge in [0.25, 0.3) is 0 Å². The highest BCUT2D eigenvalue weighted by Gasteiger charge is 2.15. The summed E-state index contributed by atoms with van der Waals surface area (Å²) < 4.78 is 1.90. The maximum absolute atomic E-state index is 4.48. The molecular weight excluding hydrogens is 250 g/mol. The summed E-state index contributed by atoms with van der Waals surface area (Å²) in [5, 5.41) is 16.1. The van der Waals surface area contributed by atoms with Gasteiger partial charge in [0, 0.05) is 23.8 Å². The second-order valence-electron chi connectivity index (χ2n) is 5.96. The average Bonchev–Trinajstić information content (AvgIpc) is 2.80. The van der Waals surface area contributed by atoms with Crippen molar-refractivity contribution in [2.45, 2.75) is 52.6 Å². The van der Waals surface area contributed by atoms with E-state index in [4.69, 9.17) is 0 Å². The maximum atomic E-state index is 4.48. The van der Waals surface area contributed by atoms with Crippen molar-refractivity contribution in [3.05, 3.63) is 35.8 Å². The number of nitrogens with zero attached hydrogens (tertiary/aromatic N) is 4. The SMILES string of the molecule is CCCc1c(CNC(C)(C)C)cnn1-c1cccnn1. The molecule has 5 nitrogen and oxygen atoms in total. The minimum Gasteiger partial charge on any atom is -0.308 e. The number of aromatic nitrogens is 4. The Kier molecular flexibility index (Phi) is 4.49. The molecule has 2 rings (SSSR count). The largest absolute Gasteiger partial charge is 0.308 e. The molecule has 0 amide bonds. The summed E-state index contributed by atoms with van der Waals surface area (Å²) in [6.07, 6.45) is 5.67. The van der Waals surface area contributed by atoms with E-state index in [0.29, 0.717) is 0 Å². The molecule has 0 aliphatic carbocycles. The van der Waals surface area contributed by atoms with Crippen LogP contribution in [0.15, 0.2) is 24.5 Å². The fourth-order valence-corrected chi connectivity index (χ4v) is 2.02. The van der Waals surface area contributed by atoms with Crippen LogP contribution in [0.3, 0.4) is 0 Å². The van der Waals surface area contributed by atoms with Crippen molar-refractivity contribution >= 4 is 0 Å². The zero-order chi connectivity index (χ0) is 14.6. The van der Waals surface area contributed by atoms with Gasteiger partial charge in [0.05, 0.1) is 11.9 Å². The van der Waals surface area contributed by atoms with E-state index in [1.807, 2.05) is 23.0 Å². The molecule has 2 aromatic rings. The summed E-state index contributed by atoms with van der Waals surface area (Å²) in [7, 11) is 0. The van der Waals surface area contributed by atoms with Crippen LogP contribution in [-0.2, 0) is 13.0 Å². The predicted molar refractivity (Wildman–Crippen MR) is 79.7 cm³/mol. The molecule has 0 saturated heterocycles. The van der Waals surface area contributed by atoms with Crippen LogP contribution in [0.25, 0.3) is 5.82 Å². The molecule has 0 aromatic carbocycles. The zero-order valence-electron chi connectivity index (χ0n) is 12.7. The van der Waals surface area contributed by atoms with Gasteiger partial charge in [-0.1, -0.05) is 13.3 Å². The van der Waals surface area contributed by atoms with Crippen molar-refractivity contribution in [2.75, 3.05) is 0 Å². The number of nitrogens with one attached hydrogen (secondary N) is 1. The van der Waals surface area contributed by atoms with Crippen molar-refractivity contribution in [3.8, 4) is 5.82 Å². The van der Waals surface area contributed by atoms with Crippen LogP contribution < -0.4 is 5.32 Å². The van der Waals surface area contributed by atoms with Crippen LogP contribution in [0.4, 0.5) is 0 Å². The molecule has 0 aliphatic heterocycles. The lowest BCUT2D eigenvalue weighted by Crippen LogP contribution is -2.35.